The van der Waals surface area contributed by atoms with Gasteiger partial charge in [0.2, 0.25) is 5.91 Å². The highest BCUT2D eigenvalue weighted by molar-refractivity contribution is 5.91. The van der Waals surface area contributed by atoms with E-state index in [1.54, 1.807) is 7.11 Å². The fourth-order valence-electron chi connectivity index (χ4n) is 4.34. The van der Waals surface area contributed by atoms with Crippen LogP contribution >= 0.6 is 0 Å². The maximum atomic E-state index is 12.9. The molecule has 3 fully saturated rings. The number of piperidine rings is 1. The standard InChI is InChI=1S/C21H30N2O3/c1-25-18-6-4-16(5-7-18)21(10-11-21)20(24)22-17-8-12-23(13-9-17)15-19-3-2-14-26-19/h4-7,17,19H,2-3,8-15H2,1H3,(H,22,24)/t19-/m0/s1. The SMILES string of the molecule is COc1ccc(C2(C(=O)NC3CCN(C[C@@H]4CCCO4)CC3)CC2)cc1. The Morgan fingerprint density at radius 1 is 1.23 bits per heavy atom. The molecule has 1 saturated carbocycles. The third-order valence-corrected chi connectivity index (χ3v) is 6.24. The minimum atomic E-state index is -0.304. The Kier molecular flexibility index (Phi) is 5.18. The molecular formula is C21H30N2O3. The molecule has 0 aromatic heterocycles. The van der Waals surface area contributed by atoms with E-state index in [1.807, 2.05) is 24.3 Å². The summed E-state index contributed by atoms with van der Waals surface area (Å²) in [7, 11) is 1.67. The monoisotopic (exact) mass is 358 g/mol. The lowest BCUT2D eigenvalue weighted by Crippen LogP contribution is -2.48. The molecule has 2 heterocycles. The number of carbonyl (C=O) groups excluding carboxylic acids is 1. The summed E-state index contributed by atoms with van der Waals surface area (Å²) >= 11 is 0. The van der Waals surface area contributed by atoms with Gasteiger partial charge in [0, 0.05) is 32.3 Å². The Hall–Kier alpha value is -1.59. The first kappa shape index (κ1) is 17.8. The summed E-state index contributed by atoms with van der Waals surface area (Å²) in [5, 5.41) is 3.33. The van der Waals surface area contributed by atoms with Crippen LogP contribution in [0.1, 0.15) is 44.1 Å². The third-order valence-electron chi connectivity index (χ3n) is 6.24. The van der Waals surface area contributed by atoms with Crippen molar-refractivity contribution in [2.75, 3.05) is 33.4 Å². The van der Waals surface area contributed by atoms with Crippen molar-refractivity contribution in [3.8, 4) is 5.75 Å². The summed E-state index contributed by atoms with van der Waals surface area (Å²) in [6.07, 6.45) is 6.79. The van der Waals surface area contributed by atoms with Crippen LogP contribution in [-0.2, 0) is 14.9 Å². The molecule has 2 saturated heterocycles. The van der Waals surface area contributed by atoms with Crippen molar-refractivity contribution in [1.29, 1.82) is 0 Å². The molecule has 1 N–H and O–H groups in total. The second-order valence-electron chi connectivity index (χ2n) is 7.99. The largest absolute Gasteiger partial charge is 0.497 e. The maximum absolute atomic E-state index is 12.9. The fourth-order valence-corrected chi connectivity index (χ4v) is 4.34. The lowest BCUT2D eigenvalue weighted by Gasteiger charge is -2.34. The number of hydrogen-bond donors (Lipinski definition) is 1. The van der Waals surface area contributed by atoms with Gasteiger partial charge in [-0.25, -0.2) is 0 Å². The van der Waals surface area contributed by atoms with Crippen molar-refractivity contribution in [3.63, 3.8) is 0 Å². The van der Waals surface area contributed by atoms with Crippen LogP contribution in [0.2, 0.25) is 0 Å². The van der Waals surface area contributed by atoms with E-state index in [0.717, 1.165) is 63.2 Å². The van der Waals surface area contributed by atoms with Crippen LogP contribution in [0, 0.1) is 0 Å². The van der Waals surface area contributed by atoms with Gasteiger partial charge in [-0.05, 0) is 56.2 Å². The molecule has 4 rings (SSSR count). The van der Waals surface area contributed by atoms with Crippen LogP contribution in [0.5, 0.6) is 5.75 Å². The van der Waals surface area contributed by atoms with Gasteiger partial charge in [-0.1, -0.05) is 12.1 Å². The van der Waals surface area contributed by atoms with Crippen molar-refractivity contribution in [2.45, 2.75) is 56.1 Å². The van der Waals surface area contributed by atoms with Gasteiger partial charge in [0.25, 0.3) is 0 Å². The van der Waals surface area contributed by atoms with Crippen molar-refractivity contribution >= 4 is 5.91 Å². The van der Waals surface area contributed by atoms with Crippen LogP contribution in [0.3, 0.4) is 0 Å². The highest BCUT2D eigenvalue weighted by atomic mass is 16.5. The zero-order valence-corrected chi connectivity index (χ0v) is 15.7. The van der Waals surface area contributed by atoms with Gasteiger partial charge in [0.1, 0.15) is 5.75 Å². The molecule has 1 aromatic carbocycles. The Morgan fingerprint density at radius 2 is 1.96 bits per heavy atom. The number of benzene rings is 1. The molecule has 5 heteroatoms. The van der Waals surface area contributed by atoms with Gasteiger partial charge < -0.3 is 19.7 Å². The number of nitrogens with one attached hydrogen (secondary N) is 1. The van der Waals surface area contributed by atoms with Crippen molar-refractivity contribution in [1.82, 2.24) is 10.2 Å². The molecular weight excluding hydrogens is 328 g/mol. The summed E-state index contributed by atoms with van der Waals surface area (Å²) in [6.45, 7) is 4.09. The number of carbonyl (C=O) groups is 1. The van der Waals surface area contributed by atoms with E-state index in [1.165, 1.54) is 12.8 Å². The van der Waals surface area contributed by atoms with E-state index < -0.39 is 0 Å². The molecule has 0 bridgehead atoms. The zero-order chi connectivity index (χ0) is 18.0. The van der Waals surface area contributed by atoms with Crippen LogP contribution in [-0.4, -0.2) is 56.3 Å². The summed E-state index contributed by atoms with van der Waals surface area (Å²) in [6, 6.07) is 8.28. The van der Waals surface area contributed by atoms with Crippen LogP contribution in [0.25, 0.3) is 0 Å². The van der Waals surface area contributed by atoms with Crippen LogP contribution < -0.4 is 10.1 Å². The number of hydrogen-bond acceptors (Lipinski definition) is 4. The average Bonchev–Trinajstić information content (AvgIpc) is 3.34. The molecule has 142 valence electrons. The topological polar surface area (TPSA) is 50.8 Å². The summed E-state index contributed by atoms with van der Waals surface area (Å²) < 4.78 is 11.0. The minimum Gasteiger partial charge on any atom is -0.497 e. The van der Waals surface area contributed by atoms with E-state index in [-0.39, 0.29) is 11.3 Å². The molecule has 1 aliphatic carbocycles. The molecule has 0 radical (unpaired) electrons. The molecule has 1 amide bonds. The lowest BCUT2D eigenvalue weighted by molar-refractivity contribution is -0.124. The molecule has 3 aliphatic rings. The second-order valence-corrected chi connectivity index (χ2v) is 7.99. The normalized spacial score (nSPS) is 25.8. The first-order chi connectivity index (χ1) is 12.7. The Labute approximate surface area is 156 Å². The highest BCUT2D eigenvalue weighted by Gasteiger charge is 2.51. The average molecular weight is 358 g/mol. The molecule has 1 atom stereocenters. The first-order valence-electron chi connectivity index (χ1n) is 9.99. The summed E-state index contributed by atoms with van der Waals surface area (Å²) in [5.74, 6) is 1.05. The van der Waals surface area contributed by atoms with Gasteiger partial charge in [0.05, 0.1) is 18.6 Å². The predicted molar refractivity (Wildman–Crippen MR) is 100 cm³/mol. The molecule has 26 heavy (non-hydrogen) atoms. The summed E-state index contributed by atoms with van der Waals surface area (Å²) in [5.41, 5.74) is 0.813. The van der Waals surface area contributed by atoms with Gasteiger partial charge in [-0.3, -0.25) is 4.79 Å². The predicted octanol–water partition coefficient (Wildman–Crippen LogP) is 2.49. The molecule has 0 unspecified atom stereocenters. The number of methoxy groups -OCH3 is 1. The Balaban J connectivity index is 1.28. The van der Waals surface area contributed by atoms with Gasteiger partial charge >= 0.3 is 0 Å². The maximum Gasteiger partial charge on any atom is 0.230 e. The third kappa shape index (κ3) is 3.74. The van der Waals surface area contributed by atoms with E-state index in [2.05, 4.69) is 10.2 Å². The number of nitrogens with zero attached hydrogens (tertiary/aromatic N) is 1. The second kappa shape index (κ2) is 7.57. The van der Waals surface area contributed by atoms with Crippen molar-refractivity contribution in [2.24, 2.45) is 0 Å². The lowest BCUT2D eigenvalue weighted by atomic mass is 9.93. The van der Waals surface area contributed by atoms with E-state index in [9.17, 15) is 4.79 Å². The van der Waals surface area contributed by atoms with E-state index in [0.29, 0.717) is 12.1 Å². The molecule has 1 aromatic rings. The van der Waals surface area contributed by atoms with Gasteiger partial charge in [0.15, 0.2) is 0 Å². The van der Waals surface area contributed by atoms with Crippen LogP contribution in [0.15, 0.2) is 24.3 Å². The van der Waals surface area contributed by atoms with Gasteiger partial charge in [-0.2, -0.15) is 0 Å². The van der Waals surface area contributed by atoms with E-state index >= 15 is 0 Å². The van der Waals surface area contributed by atoms with Crippen molar-refractivity contribution in [3.05, 3.63) is 29.8 Å². The highest BCUT2D eigenvalue weighted by Crippen LogP contribution is 2.48. The van der Waals surface area contributed by atoms with E-state index in [4.69, 9.17) is 9.47 Å². The van der Waals surface area contributed by atoms with Crippen LogP contribution in [0.4, 0.5) is 0 Å². The molecule has 5 nitrogen and oxygen atoms in total. The molecule has 0 spiro atoms. The first-order valence-corrected chi connectivity index (χ1v) is 9.99. The fraction of sp³-hybridized carbons (Fsp3) is 0.667. The molecule has 2 aliphatic heterocycles. The number of likely N-dealkylation sites (tertiary alicyclic amines) is 1. The quantitative estimate of drug-likeness (QED) is 0.849. The van der Waals surface area contributed by atoms with Gasteiger partial charge in [-0.15, -0.1) is 0 Å². The Bertz CT molecular complexity index is 613. The number of amides is 1. The number of rotatable bonds is 6. The smallest absolute Gasteiger partial charge is 0.230 e. The summed E-state index contributed by atoms with van der Waals surface area (Å²) in [4.78, 5) is 15.4. The Morgan fingerprint density at radius 3 is 2.54 bits per heavy atom. The van der Waals surface area contributed by atoms with Crippen molar-refractivity contribution < 1.29 is 14.3 Å². The minimum absolute atomic E-state index is 0.209. The zero-order valence-electron chi connectivity index (χ0n) is 15.7. The number of ether oxygens (including phenoxy) is 2.